The van der Waals surface area contributed by atoms with Gasteiger partial charge >= 0.3 is 0 Å². The van der Waals surface area contributed by atoms with E-state index in [1.54, 1.807) is 0 Å². The molecule has 2 aliphatic rings. The van der Waals surface area contributed by atoms with Crippen molar-refractivity contribution in [3.63, 3.8) is 0 Å². The fraction of sp³-hybridized carbons (Fsp3) is 0.583. The number of thioether (sulfide) groups is 1. The standard InChI is InChI=1S/C12H15NOS2/c14-10-3-4-13-7-9(10)11-6-8-2-1-5-15-12(8)16-11/h6,9,13H,1-5,7H2. The number of aryl methyl sites for hydroxylation is 1. The maximum Gasteiger partial charge on any atom is 0.143 e. The summed E-state index contributed by atoms with van der Waals surface area (Å²) in [5.74, 6) is 1.79. The van der Waals surface area contributed by atoms with Crippen LogP contribution in [-0.4, -0.2) is 24.6 Å². The monoisotopic (exact) mass is 253 g/mol. The van der Waals surface area contributed by atoms with Crippen molar-refractivity contribution in [1.82, 2.24) is 5.32 Å². The zero-order chi connectivity index (χ0) is 11.0. The first-order valence-corrected chi connectivity index (χ1v) is 7.63. The minimum atomic E-state index is 0.130. The molecule has 86 valence electrons. The minimum absolute atomic E-state index is 0.130. The lowest BCUT2D eigenvalue weighted by Crippen LogP contribution is -2.34. The van der Waals surface area contributed by atoms with E-state index in [9.17, 15) is 4.79 Å². The summed E-state index contributed by atoms with van der Waals surface area (Å²) in [5, 5.41) is 3.32. The molecule has 0 saturated carbocycles. The van der Waals surface area contributed by atoms with E-state index in [0.29, 0.717) is 12.2 Å². The van der Waals surface area contributed by atoms with Crippen LogP contribution in [0.4, 0.5) is 0 Å². The number of Topliss-reactive ketones (excluding diaryl/α,β-unsaturated/α-hetero) is 1. The molecule has 0 radical (unpaired) electrons. The number of fused-ring (bicyclic) bond motifs is 1. The van der Waals surface area contributed by atoms with Crippen LogP contribution in [0.2, 0.25) is 0 Å². The molecular formula is C12H15NOS2. The van der Waals surface area contributed by atoms with Crippen LogP contribution < -0.4 is 5.32 Å². The first-order chi connectivity index (χ1) is 7.84. The van der Waals surface area contributed by atoms with Gasteiger partial charge in [0.05, 0.1) is 10.1 Å². The highest BCUT2D eigenvalue weighted by molar-refractivity contribution is 8.01. The van der Waals surface area contributed by atoms with Crippen molar-refractivity contribution in [3.8, 4) is 0 Å². The van der Waals surface area contributed by atoms with Gasteiger partial charge in [-0.3, -0.25) is 4.79 Å². The van der Waals surface area contributed by atoms with E-state index in [0.717, 1.165) is 13.1 Å². The van der Waals surface area contributed by atoms with E-state index < -0.39 is 0 Å². The van der Waals surface area contributed by atoms with Crippen molar-refractivity contribution in [3.05, 3.63) is 16.5 Å². The highest BCUT2D eigenvalue weighted by Crippen LogP contribution is 2.40. The molecule has 16 heavy (non-hydrogen) atoms. The molecule has 1 fully saturated rings. The number of thiophene rings is 1. The van der Waals surface area contributed by atoms with Gasteiger partial charge in [-0.15, -0.1) is 23.1 Å². The van der Waals surface area contributed by atoms with Crippen LogP contribution in [0.3, 0.4) is 0 Å². The fourth-order valence-electron chi connectivity index (χ4n) is 2.33. The van der Waals surface area contributed by atoms with Crippen LogP contribution in [0.5, 0.6) is 0 Å². The topological polar surface area (TPSA) is 29.1 Å². The molecule has 0 spiro atoms. The normalized spacial score (nSPS) is 25.5. The van der Waals surface area contributed by atoms with E-state index in [-0.39, 0.29) is 5.92 Å². The quantitative estimate of drug-likeness (QED) is 0.833. The van der Waals surface area contributed by atoms with Gasteiger partial charge in [0.15, 0.2) is 0 Å². The molecule has 0 amide bonds. The Morgan fingerprint density at radius 3 is 3.12 bits per heavy atom. The Labute approximate surface area is 104 Å². The maximum absolute atomic E-state index is 11.9. The van der Waals surface area contributed by atoms with E-state index in [1.807, 2.05) is 23.1 Å². The SMILES string of the molecule is O=C1CCNCC1c1cc2c(s1)SCCC2. The van der Waals surface area contributed by atoms with E-state index in [1.165, 1.54) is 33.2 Å². The number of hydrogen-bond acceptors (Lipinski definition) is 4. The first kappa shape index (κ1) is 10.8. The van der Waals surface area contributed by atoms with Gasteiger partial charge < -0.3 is 5.32 Å². The number of carbonyl (C=O) groups excluding carboxylic acids is 1. The molecule has 0 aliphatic carbocycles. The van der Waals surface area contributed by atoms with Crippen molar-refractivity contribution >= 4 is 28.9 Å². The van der Waals surface area contributed by atoms with E-state index in [2.05, 4.69) is 11.4 Å². The predicted molar refractivity (Wildman–Crippen MR) is 68.6 cm³/mol. The van der Waals surface area contributed by atoms with Crippen molar-refractivity contribution in [1.29, 1.82) is 0 Å². The second kappa shape index (κ2) is 4.51. The third-order valence-corrected chi connectivity index (χ3v) is 5.95. The average Bonchev–Trinajstić information content (AvgIpc) is 2.73. The molecule has 3 heterocycles. The summed E-state index contributed by atoms with van der Waals surface area (Å²) >= 11 is 3.81. The molecule has 4 heteroatoms. The molecule has 3 rings (SSSR count). The average molecular weight is 253 g/mol. The molecule has 1 atom stereocenters. The molecule has 0 bridgehead atoms. The molecule has 1 aromatic rings. The van der Waals surface area contributed by atoms with Crippen molar-refractivity contribution in [2.24, 2.45) is 0 Å². The fourth-order valence-corrected chi connectivity index (χ4v) is 4.99. The Hall–Kier alpha value is -0.320. The highest BCUT2D eigenvalue weighted by atomic mass is 32.2. The third-order valence-electron chi connectivity index (χ3n) is 3.24. The molecule has 1 aromatic heterocycles. The summed E-state index contributed by atoms with van der Waals surface area (Å²) in [4.78, 5) is 13.2. The first-order valence-electron chi connectivity index (χ1n) is 5.83. The van der Waals surface area contributed by atoms with E-state index in [4.69, 9.17) is 0 Å². The summed E-state index contributed by atoms with van der Waals surface area (Å²) < 4.78 is 1.46. The third kappa shape index (κ3) is 1.94. The van der Waals surface area contributed by atoms with Gasteiger partial charge in [-0.1, -0.05) is 0 Å². The number of hydrogen-bond donors (Lipinski definition) is 1. The summed E-state index contributed by atoms with van der Waals surface area (Å²) in [6.45, 7) is 1.69. The van der Waals surface area contributed by atoms with Gasteiger partial charge in [-0.25, -0.2) is 0 Å². The maximum atomic E-state index is 11.9. The summed E-state index contributed by atoms with van der Waals surface area (Å²) in [6, 6.07) is 2.28. The second-order valence-corrected chi connectivity index (χ2v) is 6.83. The summed E-state index contributed by atoms with van der Waals surface area (Å²) in [5.41, 5.74) is 1.48. The number of ketones is 1. The number of nitrogens with one attached hydrogen (secondary N) is 1. The smallest absolute Gasteiger partial charge is 0.143 e. The van der Waals surface area contributed by atoms with Gasteiger partial charge in [0.1, 0.15) is 5.78 Å². The summed E-state index contributed by atoms with van der Waals surface area (Å²) in [7, 11) is 0. The Bertz CT molecular complexity index is 390. The number of rotatable bonds is 1. The molecule has 1 N–H and O–H groups in total. The Morgan fingerprint density at radius 1 is 1.38 bits per heavy atom. The van der Waals surface area contributed by atoms with Crippen molar-refractivity contribution < 1.29 is 4.79 Å². The Balaban J connectivity index is 1.88. The van der Waals surface area contributed by atoms with Gasteiger partial charge in [0, 0.05) is 24.4 Å². The van der Waals surface area contributed by atoms with Crippen LogP contribution >= 0.6 is 23.1 Å². The number of piperidine rings is 1. The van der Waals surface area contributed by atoms with Gasteiger partial charge in [-0.05, 0) is 30.2 Å². The van der Waals surface area contributed by atoms with E-state index >= 15 is 0 Å². The van der Waals surface area contributed by atoms with Crippen LogP contribution in [0.25, 0.3) is 0 Å². The Morgan fingerprint density at radius 2 is 2.31 bits per heavy atom. The largest absolute Gasteiger partial charge is 0.315 e. The molecule has 0 aromatic carbocycles. The van der Waals surface area contributed by atoms with Crippen LogP contribution in [0, 0.1) is 0 Å². The van der Waals surface area contributed by atoms with Crippen molar-refractivity contribution in [2.75, 3.05) is 18.8 Å². The lowest BCUT2D eigenvalue weighted by molar-refractivity contribution is -0.121. The Kier molecular flexibility index (Phi) is 3.05. The lowest BCUT2D eigenvalue weighted by atomic mass is 9.96. The predicted octanol–water partition coefficient (Wildman–Crippen LogP) is 2.43. The lowest BCUT2D eigenvalue weighted by Gasteiger charge is -2.20. The van der Waals surface area contributed by atoms with Gasteiger partial charge in [0.25, 0.3) is 0 Å². The molecular weight excluding hydrogens is 238 g/mol. The zero-order valence-corrected chi connectivity index (χ0v) is 10.8. The highest BCUT2D eigenvalue weighted by Gasteiger charge is 2.26. The minimum Gasteiger partial charge on any atom is -0.315 e. The van der Waals surface area contributed by atoms with Crippen LogP contribution in [0.15, 0.2) is 10.3 Å². The molecule has 2 nitrogen and oxygen atoms in total. The number of carbonyl (C=O) groups is 1. The van der Waals surface area contributed by atoms with Crippen molar-refractivity contribution in [2.45, 2.75) is 29.4 Å². The van der Waals surface area contributed by atoms with Crippen LogP contribution in [-0.2, 0) is 11.2 Å². The van der Waals surface area contributed by atoms with Crippen LogP contribution in [0.1, 0.15) is 29.2 Å². The summed E-state index contributed by atoms with van der Waals surface area (Å²) in [6.07, 6.45) is 3.18. The van der Waals surface area contributed by atoms with Gasteiger partial charge in [0.2, 0.25) is 0 Å². The second-order valence-electron chi connectivity index (χ2n) is 4.39. The van der Waals surface area contributed by atoms with Gasteiger partial charge in [-0.2, -0.15) is 0 Å². The molecule has 1 unspecified atom stereocenters. The zero-order valence-electron chi connectivity index (χ0n) is 9.12. The molecule has 2 aliphatic heterocycles. The molecule has 1 saturated heterocycles.